The standard InChI is InChI=1S/C9H14N2O2S/c1-14(12,13)9-10-6-7-11(9)8-4-2-3-5-8/h6-8H,2-5H2,1H3. The van der Waals surface area contributed by atoms with Crippen LogP contribution < -0.4 is 0 Å². The van der Waals surface area contributed by atoms with Crippen molar-refractivity contribution < 1.29 is 8.42 Å². The van der Waals surface area contributed by atoms with Gasteiger partial charge in [-0.2, -0.15) is 0 Å². The second-order valence-corrected chi connectivity index (χ2v) is 5.74. The Morgan fingerprint density at radius 2 is 2.07 bits per heavy atom. The minimum absolute atomic E-state index is 0.212. The van der Waals surface area contributed by atoms with Gasteiger partial charge in [-0.05, 0) is 12.8 Å². The quantitative estimate of drug-likeness (QED) is 0.747. The fraction of sp³-hybridized carbons (Fsp3) is 0.667. The highest BCUT2D eigenvalue weighted by Crippen LogP contribution is 2.30. The van der Waals surface area contributed by atoms with Gasteiger partial charge in [0.1, 0.15) is 0 Å². The lowest BCUT2D eigenvalue weighted by atomic mass is 10.2. The van der Waals surface area contributed by atoms with Crippen LogP contribution in [0.4, 0.5) is 0 Å². The number of nitrogens with zero attached hydrogens (tertiary/aromatic N) is 2. The molecule has 0 saturated heterocycles. The van der Waals surface area contributed by atoms with E-state index in [0.717, 1.165) is 12.8 Å². The van der Waals surface area contributed by atoms with Gasteiger partial charge in [0, 0.05) is 24.7 Å². The fourth-order valence-electron chi connectivity index (χ4n) is 2.05. The summed E-state index contributed by atoms with van der Waals surface area (Å²) in [6.45, 7) is 0. The van der Waals surface area contributed by atoms with Gasteiger partial charge in [-0.3, -0.25) is 0 Å². The Hall–Kier alpha value is -0.840. The molecular weight excluding hydrogens is 200 g/mol. The molecule has 4 nitrogen and oxygen atoms in total. The highest BCUT2D eigenvalue weighted by Gasteiger charge is 2.23. The van der Waals surface area contributed by atoms with Gasteiger partial charge in [0.15, 0.2) is 0 Å². The molecule has 1 aromatic rings. The normalized spacial score (nSPS) is 18.9. The molecule has 1 aromatic heterocycles. The van der Waals surface area contributed by atoms with E-state index < -0.39 is 9.84 Å². The van der Waals surface area contributed by atoms with Crippen molar-refractivity contribution in [2.75, 3.05) is 6.26 Å². The van der Waals surface area contributed by atoms with Crippen LogP contribution in [0.5, 0.6) is 0 Å². The molecule has 1 fully saturated rings. The molecule has 14 heavy (non-hydrogen) atoms. The summed E-state index contributed by atoms with van der Waals surface area (Å²) in [7, 11) is -3.18. The zero-order valence-electron chi connectivity index (χ0n) is 8.18. The third kappa shape index (κ3) is 1.68. The van der Waals surface area contributed by atoms with Gasteiger partial charge in [-0.1, -0.05) is 12.8 Å². The molecule has 1 heterocycles. The molecule has 0 radical (unpaired) electrons. The molecule has 0 N–H and O–H groups in total. The number of imidazole rings is 1. The zero-order chi connectivity index (χ0) is 10.2. The van der Waals surface area contributed by atoms with Crippen LogP contribution in [0.25, 0.3) is 0 Å². The van der Waals surface area contributed by atoms with Gasteiger partial charge in [0.2, 0.25) is 15.0 Å². The van der Waals surface area contributed by atoms with E-state index in [2.05, 4.69) is 4.98 Å². The Bertz CT molecular complexity index is 416. The van der Waals surface area contributed by atoms with Gasteiger partial charge >= 0.3 is 0 Å². The van der Waals surface area contributed by atoms with Crippen molar-refractivity contribution >= 4 is 9.84 Å². The summed E-state index contributed by atoms with van der Waals surface area (Å²) < 4.78 is 24.6. The second kappa shape index (κ2) is 3.38. The fourth-order valence-corrected chi connectivity index (χ4v) is 2.89. The van der Waals surface area contributed by atoms with E-state index in [9.17, 15) is 8.42 Å². The van der Waals surface area contributed by atoms with E-state index in [1.165, 1.54) is 19.1 Å². The molecule has 2 rings (SSSR count). The van der Waals surface area contributed by atoms with Crippen LogP contribution in [0.3, 0.4) is 0 Å². The van der Waals surface area contributed by atoms with Crippen LogP contribution in [0.2, 0.25) is 0 Å². The lowest BCUT2D eigenvalue weighted by Crippen LogP contribution is -2.12. The maximum absolute atomic E-state index is 11.4. The van der Waals surface area contributed by atoms with E-state index in [4.69, 9.17) is 0 Å². The largest absolute Gasteiger partial charge is 0.319 e. The van der Waals surface area contributed by atoms with Crippen molar-refractivity contribution in [2.45, 2.75) is 36.9 Å². The minimum atomic E-state index is -3.18. The van der Waals surface area contributed by atoms with Gasteiger partial charge in [-0.25, -0.2) is 13.4 Å². The molecule has 0 aliphatic heterocycles. The summed E-state index contributed by atoms with van der Waals surface area (Å²) in [6.07, 6.45) is 9.05. The topological polar surface area (TPSA) is 52.0 Å². The monoisotopic (exact) mass is 214 g/mol. The number of sulfone groups is 1. The lowest BCUT2D eigenvalue weighted by molar-refractivity contribution is 0.469. The molecule has 1 aliphatic carbocycles. The maximum Gasteiger partial charge on any atom is 0.227 e. The van der Waals surface area contributed by atoms with E-state index >= 15 is 0 Å². The molecule has 78 valence electrons. The number of hydrogen-bond acceptors (Lipinski definition) is 3. The maximum atomic E-state index is 11.4. The number of aromatic nitrogens is 2. The first-order valence-corrected chi connectivity index (χ1v) is 6.71. The predicted octanol–water partition coefficient (Wildman–Crippen LogP) is 1.40. The Morgan fingerprint density at radius 1 is 1.43 bits per heavy atom. The first-order chi connectivity index (χ1) is 6.59. The molecule has 1 aliphatic rings. The first-order valence-electron chi connectivity index (χ1n) is 4.82. The molecule has 0 spiro atoms. The van der Waals surface area contributed by atoms with Crippen LogP contribution in [0.15, 0.2) is 17.6 Å². The van der Waals surface area contributed by atoms with Gasteiger partial charge in [0.25, 0.3) is 0 Å². The van der Waals surface area contributed by atoms with E-state index in [1.807, 2.05) is 4.57 Å². The van der Waals surface area contributed by atoms with E-state index in [1.54, 1.807) is 12.4 Å². The predicted molar refractivity (Wildman–Crippen MR) is 52.8 cm³/mol. The Kier molecular flexibility index (Phi) is 2.34. The highest BCUT2D eigenvalue weighted by atomic mass is 32.2. The lowest BCUT2D eigenvalue weighted by Gasteiger charge is -2.13. The average molecular weight is 214 g/mol. The van der Waals surface area contributed by atoms with Crippen molar-refractivity contribution in [1.82, 2.24) is 9.55 Å². The third-order valence-electron chi connectivity index (χ3n) is 2.68. The third-order valence-corrected chi connectivity index (χ3v) is 3.66. The minimum Gasteiger partial charge on any atom is -0.319 e. The van der Waals surface area contributed by atoms with Crippen molar-refractivity contribution in [3.05, 3.63) is 12.4 Å². The summed E-state index contributed by atoms with van der Waals surface area (Å²) in [5.74, 6) is 0. The molecule has 0 amide bonds. The van der Waals surface area contributed by atoms with Crippen LogP contribution >= 0.6 is 0 Å². The van der Waals surface area contributed by atoms with E-state index in [-0.39, 0.29) is 5.16 Å². The van der Waals surface area contributed by atoms with Crippen LogP contribution in [0, 0.1) is 0 Å². The summed E-state index contributed by atoms with van der Waals surface area (Å²) in [4.78, 5) is 3.91. The van der Waals surface area contributed by atoms with Crippen molar-refractivity contribution in [3.8, 4) is 0 Å². The summed E-state index contributed by atoms with van der Waals surface area (Å²) in [6, 6.07) is 0.335. The molecule has 0 bridgehead atoms. The van der Waals surface area contributed by atoms with Crippen LogP contribution in [0.1, 0.15) is 31.7 Å². The van der Waals surface area contributed by atoms with E-state index in [0.29, 0.717) is 6.04 Å². The molecule has 1 saturated carbocycles. The van der Waals surface area contributed by atoms with Gasteiger partial charge in [-0.15, -0.1) is 0 Å². The van der Waals surface area contributed by atoms with Gasteiger partial charge in [0.05, 0.1) is 0 Å². The molecular formula is C9H14N2O2S. The Balaban J connectivity index is 2.39. The summed E-state index contributed by atoms with van der Waals surface area (Å²) in [5, 5.41) is 0.212. The van der Waals surface area contributed by atoms with Crippen molar-refractivity contribution in [1.29, 1.82) is 0 Å². The molecule has 0 atom stereocenters. The Labute approximate surface area is 83.9 Å². The average Bonchev–Trinajstić information content (AvgIpc) is 2.73. The number of rotatable bonds is 2. The molecule has 0 aromatic carbocycles. The highest BCUT2D eigenvalue weighted by molar-refractivity contribution is 7.90. The molecule has 0 unspecified atom stereocenters. The van der Waals surface area contributed by atoms with Crippen molar-refractivity contribution in [3.63, 3.8) is 0 Å². The second-order valence-electron chi connectivity index (χ2n) is 3.83. The van der Waals surface area contributed by atoms with Crippen molar-refractivity contribution in [2.24, 2.45) is 0 Å². The Morgan fingerprint density at radius 3 is 2.64 bits per heavy atom. The smallest absolute Gasteiger partial charge is 0.227 e. The van der Waals surface area contributed by atoms with Crippen LogP contribution in [-0.4, -0.2) is 24.2 Å². The zero-order valence-corrected chi connectivity index (χ0v) is 9.00. The van der Waals surface area contributed by atoms with Crippen LogP contribution in [-0.2, 0) is 9.84 Å². The molecule has 5 heteroatoms. The first kappa shape index (κ1) is 9.71. The summed E-state index contributed by atoms with van der Waals surface area (Å²) >= 11 is 0. The summed E-state index contributed by atoms with van der Waals surface area (Å²) in [5.41, 5.74) is 0. The van der Waals surface area contributed by atoms with Gasteiger partial charge < -0.3 is 4.57 Å². The number of hydrogen-bond donors (Lipinski definition) is 0. The SMILES string of the molecule is CS(=O)(=O)c1nccn1C1CCCC1.